The fourth-order valence-electron chi connectivity index (χ4n) is 3.13. The number of hydrogen-bond donors (Lipinski definition) is 2. The van der Waals surface area contributed by atoms with Gasteiger partial charge in [-0.15, -0.1) is 0 Å². The van der Waals surface area contributed by atoms with Gasteiger partial charge in [-0.2, -0.15) is 0 Å². The number of carbonyl (C=O) groups is 2. The number of aliphatic carboxylic acids is 1. The van der Waals surface area contributed by atoms with E-state index in [0.717, 1.165) is 0 Å². The molecule has 2 N–H and O–H groups in total. The zero-order chi connectivity index (χ0) is 18.3. The van der Waals surface area contributed by atoms with Crippen LogP contribution >= 0.6 is 0 Å². The van der Waals surface area contributed by atoms with Crippen molar-refractivity contribution in [1.29, 1.82) is 0 Å². The zero-order valence-corrected chi connectivity index (χ0v) is 13.4. The summed E-state index contributed by atoms with van der Waals surface area (Å²) in [6.07, 6.45) is 12.6. The van der Waals surface area contributed by atoms with E-state index in [4.69, 9.17) is 0 Å². The summed E-state index contributed by atoms with van der Waals surface area (Å²) in [6.45, 7) is 0.318. The maximum atomic E-state index is 12.1. The molecule has 4 rings (SSSR count). The van der Waals surface area contributed by atoms with Crippen molar-refractivity contribution in [1.82, 2.24) is 19.4 Å². The van der Waals surface area contributed by atoms with Crippen molar-refractivity contribution in [2.24, 2.45) is 9.98 Å². The summed E-state index contributed by atoms with van der Waals surface area (Å²) in [6, 6.07) is 0. The highest BCUT2D eigenvalue weighted by atomic mass is 16.4. The summed E-state index contributed by atoms with van der Waals surface area (Å²) in [5, 5.41) is 19.2. The van der Waals surface area contributed by atoms with Gasteiger partial charge >= 0.3 is 17.7 Å². The number of hydrogen-bond acceptors (Lipinski definition) is 7. The van der Waals surface area contributed by atoms with Crippen LogP contribution in [-0.4, -0.2) is 66.3 Å². The summed E-state index contributed by atoms with van der Waals surface area (Å²) in [4.78, 5) is 39.2. The Morgan fingerprint density at radius 3 is 2.73 bits per heavy atom. The van der Waals surface area contributed by atoms with Crippen LogP contribution in [-0.2, 0) is 11.3 Å². The van der Waals surface area contributed by atoms with Crippen molar-refractivity contribution in [3.05, 3.63) is 48.0 Å². The van der Waals surface area contributed by atoms with Crippen LogP contribution in [0.25, 0.3) is 6.20 Å². The van der Waals surface area contributed by atoms with E-state index in [0.29, 0.717) is 11.4 Å². The van der Waals surface area contributed by atoms with Gasteiger partial charge in [-0.05, 0) is 12.2 Å². The van der Waals surface area contributed by atoms with E-state index in [9.17, 15) is 19.8 Å². The molecular weight excluding hydrogens is 340 g/mol. The van der Waals surface area contributed by atoms with E-state index in [1.54, 1.807) is 35.6 Å². The van der Waals surface area contributed by atoms with Crippen LogP contribution in [0.5, 0.6) is 0 Å². The van der Waals surface area contributed by atoms with Crippen LogP contribution in [0.3, 0.4) is 0 Å². The largest absolute Gasteiger partial charge is 0.477 e. The molecule has 132 valence electrons. The van der Waals surface area contributed by atoms with Crippen molar-refractivity contribution in [2.45, 2.75) is 12.3 Å². The Morgan fingerprint density at radius 1 is 1.15 bits per heavy atom. The van der Waals surface area contributed by atoms with Crippen molar-refractivity contribution in [3.63, 3.8) is 0 Å². The lowest BCUT2D eigenvalue weighted by atomic mass is 10.2. The number of nitrogens with zero attached hydrogens (tertiary/aromatic N) is 6. The van der Waals surface area contributed by atoms with Crippen LogP contribution in [0.2, 0.25) is 0 Å². The Bertz CT molecular complexity index is 941. The van der Waals surface area contributed by atoms with Crippen LogP contribution in [0.15, 0.2) is 46.4 Å². The third-order valence-corrected chi connectivity index (χ3v) is 4.23. The van der Waals surface area contributed by atoms with E-state index in [1.807, 2.05) is 0 Å². The molecule has 1 unspecified atom stereocenters. The van der Waals surface area contributed by atoms with Gasteiger partial charge in [-0.25, -0.2) is 19.6 Å². The summed E-state index contributed by atoms with van der Waals surface area (Å²) in [5.74, 6) is -4.17. The summed E-state index contributed by atoms with van der Waals surface area (Å²) >= 11 is 0. The summed E-state index contributed by atoms with van der Waals surface area (Å²) in [5.41, 5.74) is 1.04. The molecule has 1 aromatic heterocycles. The summed E-state index contributed by atoms with van der Waals surface area (Å²) < 4.78 is 1.36. The molecule has 10 nitrogen and oxygen atoms in total. The predicted octanol–water partition coefficient (Wildman–Crippen LogP) is 0.432. The zero-order valence-electron chi connectivity index (χ0n) is 13.4. The Hall–Kier alpha value is -3.69. The first-order valence-corrected chi connectivity index (χ1v) is 7.72. The minimum atomic E-state index is -1.67. The third-order valence-electron chi connectivity index (χ3n) is 4.23. The average Bonchev–Trinajstić information content (AvgIpc) is 3.13. The second kappa shape index (κ2) is 5.69. The highest BCUT2D eigenvalue weighted by Crippen LogP contribution is 2.37. The SMILES string of the molecule is O=C(O)c1nc2cn1C=CC=NCC1=CN3C=CC=NC3(C(=O)O)N1C2. The quantitative estimate of drug-likeness (QED) is 0.789. The number of rotatable bonds is 2. The van der Waals surface area contributed by atoms with Gasteiger partial charge in [0.25, 0.3) is 0 Å². The molecule has 0 fully saturated rings. The highest BCUT2D eigenvalue weighted by molar-refractivity contribution is 5.86. The fourth-order valence-corrected chi connectivity index (χ4v) is 3.13. The topological polar surface area (TPSA) is 124 Å². The number of aromatic nitrogens is 2. The van der Waals surface area contributed by atoms with E-state index in [2.05, 4.69) is 15.0 Å². The molecular formula is C16H14N6O4. The van der Waals surface area contributed by atoms with Crippen LogP contribution in [0.4, 0.5) is 0 Å². The Kier molecular flexibility index (Phi) is 3.46. The number of carboxylic acids is 2. The highest BCUT2D eigenvalue weighted by Gasteiger charge is 2.54. The smallest absolute Gasteiger partial charge is 0.375 e. The molecule has 0 saturated heterocycles. The molecule has 0 saturated carbocycles. The van der Waals surface area contributed by atoms with Gasteiger partial charge in [-0.3, -0.25) is 4.99 Å². The number of aliphatic imine (C=N–C) groups is 2. The van der Waals surface area contributed by atoms with E-state index >= 15 is 0 Å². The molecule has 1 atom stereocenters. The number of fused-ring (bicyclic) bond motifs is 5. The van der Waals surface area contributed by atoms with Gasteiger partial charge in [0, 0.05) is 37.2 Å². The lowest BCUT2D eigenvalue weighted by molar-refractivity contribution is -0.156. The van der Waals surface area contributed by atoms with Crippen molar-refractivity contribution in [3.8, 4) is 0 Å². The predicted molar refractivity (Wildman–Crippen MR) is 91.3 cm³/mol. The molecule has 1 aromatic rings. The Labute approximate surface area is 147 Å². The van der Waals surface area contributed by atoms with E-state index in [1.165, 1.54) is 28.1 Å². The lowest BCUT2D eigenvalue weighted by Gasteiger charge is -2.39. The van der Waals surface area contributed by atoms with Crippen molar-refractivity contribution >= 4 is 30.6 Å². The molecule has 0 aliphatic carbocycles. The van der Waals surface area contributed by atoms with Crippen molar-refractivity contribution < 1.29 is 19.8 Å². The van der Waals surface area contributed by atoms with Crippen LogP contribution in [0.1, 0.15) is 16.3 Å². The van der Waals surface area contributed by atoms with Crippen LogP contribution in [0, 0.1) is 0 Å². The average molecular weight is 354 g/mol. The normalized spacial score (nSPS) is 23.3. The number of imidazole rings is 1. The Morgan fingerprint density at radius 2 is 1.96 bits per heavy atom. The molecule has 0 spiro atoms. The second-order valence-electron chi connectivity index (χ2n) is 5.77. The van der Waals surface area contributed by atoms with Gasteiger partial charge in [0.1, 0.15) is 0 Å². The monoisotopic (exact) mass is 354 g/mol. The van der Waals surface area contributed by atoms with Gasteiger partial charge in [-0.1, -0.05) is 0 Å². The molecule has 26 heavy (non-hydrogen) atoms. The van der Waals surface area contributed by atoms with Gasteiger partial charge < -0.3 is 24.6 Å². The maximum absolute atomic E-state index is 12.1. The molecule has 4 heterocycles. The first kappa shape index (κ1) is 15.8. The van der Waals surface area contributed by atoms with Crippen LogP contribution < -0.4 is 0 Å². The molecule has 0 radical (unpaired) electrons. The lowest BCUT2D eigenvalue weighted by Crippen LogP contribution is -2.57. The molecule has 3 aliphatic heterocycles. The number of allylic oxidation sites excluding steroid dienone is 2. The third kappa shape index (κ3) is 2.23. The Balaban J connectivity index is 1.84. The molecule has 0 amide bonds. The van der Waals surface area contributed by atoms with E-state index in [-0.39, 0.29) is 18.9 Å². The number of aromatic carboxylic acids is 1. The molecule has 2 bridgehead atoms. The van der Waals surface area contributed by atoms with Crippen molar-refractivity contribution in [2.75, 3.05) is 6.54 Å². The molecule has 3 aliphatic rings. The first-order valence-electron chi connectivity index (χ1n) is 7.72. The first-order chi connectivity index (χ1) is 12.5. The second-order valence-corrected chi connectivity index (χ2v) is 5.77. The van der Waals surface area contributed by atoms with E-state index < -0.39 is 17.7 Å². The minimum Gasteiger partial charge on any atom is -0.477 e. The fraction of sp³-hybridized carbons (Fsp3) is 0.188. The minimum absolute atomic E-state index is 0.0659. The number of carboxylic acid groups (broad SMARTS) is 2. The standard InChI is InChI=1S/C16H14N6O4/c23-14(24)13-19-11-8-20(13)5-1-3-17-7-12-10-21-6-2-4-18-16(21,15(25)26)22(12)9-11/h1-6,8,10H,7,9H2,(H,23,24)(H,25,26). The molecule has 10 heteroatoms. The van der Waals surface area contributed by atoms with Gasteiger partial charge in [0.15, 0.2) is 0 Å². The van der Waals surface area contributed by atoms with Gasteiger partial charge in [0.05, 0.1) is 24.5 Å². The summed E-state index contributed by atoms with van der Waals surface area (Å²) in [7, 11) is 0. The molecule has 0 aromatic carbocycles. The van der Waals surface area contributed by atoms with Gasteiger partial charge in [0.2, 0.25) is 5.82 Å². The maximum Gasteiger partial charge on any atom is 0.375 e.